The molecule has 1 saturated heterocycles. The van der Waals surface area contributed by atoms with E-state index >= 15 is 0 Å². The first kappa shape index (κ1) is 13.2. The zero-order chi connectivity index (χ0) is 14.3. The van der Waals surface area contributed by atoms with Gasteiger partial charge in [0.2, 0.25) is 6.43 Å². The van der Waals surface area contributed by atoms with Gasteiger partial charge in [0.25, 0.3) is 0 Å². The molecule has 0 N–H and O–H groups in total. The normalized spacial score (nSPS) is 16.2. The first-order valence-electron chi connectivity index (χ1n) is 6.83. The molecule has 0 amide bonds. The highest BCUT2D eigenvalue weighted by atomic mass is 19.3. The van der Waals surface area contributed by atoms with E-state index < -0.39 is 12.3 Å². The van der Waals surface area contributed by atoms with Crippen molar-refractivity contribution in [3.63, 3.8) is 0 Å². The summed E-state index contributed by atoms with van der Waals surface area (Å²) in [7, 11) is 0. The molecular formula is C15H17F2N3. The average molecular weight is 277 g/mol. The van der Waals surface area contributed by atoms with Crippen molar-refractivity contribution in [2.45, 2.75) is 26.2 Å². The molecule has 0 atom stereocenters. The Bertz CT molecular complexity index is 622. The van der Waals surface area contributed by atoms with Gasteiger partial charge in [-0.05, 0) is 22.9 Å². The summed E-state index contributed by atoms with van der Waals surface area (Å²) in [6.07, 6.45) is 3.15. The number of hydrogen-bond acceptors (Lipinski definition) is 3. The summed E-state index contributed by atoms with van der Waals surface area (Å²) in [5, 5.41) is 2.06. The van der Waals surface area contributed by atoms with Crippen LogP contribution < -0.4 is 4.90 Å². The van der Waals surface area contributed by atoms with Crippen molar-refractivity contribution in [3.8, 4) is 0 Å². The van der Waals surface area contributed by atoms with Crippen LogP contribution in [0.3, 0.4) is 0 Å². The van der Waals surface area contributed by atoms with Crippen molar-refractivity contribution in [1.29, 1.82) is 0 Å². The van der Waals surface area contributed by atoms with E-state index in [4.69, 9.17) is 0 Å². The van der Waals surface area contributed by atoms with Gasteiger partial charge in [-0.15, -0.1) is 0 Å². The maximum absolute atomic E-state index is 12.6. The summed E-state index contributed by atoms with van der Waals surface area (Å²) < 4.78 is 25.2. The molecule has 5 heteroatoms. The van der Waals surface area contributed by atoms with Gasteiger partial charge < -0.3 is 4.90 Å². The lowest BCUT2D eigenvalue weighted by molar-refractivity contribution is 0.0612. The molecule has 106 valence electrons. The Morgan fingerprint density at radius 3 is 2.60 bits per heavy atom. The quantitative estimate of drug-likeness (QED) is 0.860. The van der Waals surface area contributed by atoms with Crippen molar-refractivity contribution in [3.05, 3.63) is 30.2 Å². The lowest BCUT2D eigenvalue weighted by Crippen LogP contribution is -2.50. The van der Waals surface area contributed by atoms with Crippen molar-refractivity contribution in [2.75, 3.05) is 18.0 Å². The van der Waals surface area contributed by atoms with Gasteiger partial charge in [-0.2, -0.15) is 0 Å². The first-order valence-corrected chi connectivity index (χ1v) is 6.83. The van der Waals surface area contributed by atoms with Gasteiger partial charge in [-0.3, -0.25) is 4.98 Å². The third kappa shape index (κ3) is 2.11. The summed E-state index contributed by atoms with van der Waals surface area (Å²) in [5.41, 5.74) is 1.16. The Balaban J connectivity index is 2.00. The number of alkyl halides is 2. The van der Waals surface area contributed by atoms with Crippen LogP contribution in [-0.2, 0) is 0 Å². The molecule has 0 aliphatic carbocycles. The van der Waals surface area contributed by atoms with Crippen molar-refractivity contribution < 1.29 is 8.78 Å². The summed E-state index contributed by atoms with van der Waals surface area (Å²) in [6, 6.07) is 1.97. The van der Waals surface area contributed by atoms with Crippen LogP contribution in [0, 0.1) is 5.92 Å². The summed E-state index contributed by atoms with van der Waals surface area (Å²) in [6.45, 7) is 4.98. The van der Waals surface area contributed by atoms with Crippen LogP contribution in [0.1, 0.15) is 25.3 Å². The number of halogens is 2. The fraction of sp³-hybridized carbons (Fsp3) is 0.467. The van der Waals surface area contributed by atoms with E-state index in [9.17, 15) is 8.78 Å². The molecule has 0 radical (unpaired) electrons. The zero-order valence-electron chi connectivity index (χ0n) is 11.6. The monoisotopic (exact) mass is 277 g/mol. The van der Waals surface area contributed by atoms with Gasteiger partial charge in [0.1, 0.15) is 5.82 Å². The molecule has 2 aromatic heterocycles. The Labute approximate surface area is 116 Å². The smallest absolute Gasteiger partial charge is 0.244 e. The van der Waals surface area contributed by atoms with Crippen LogP contribution in [0.25, 0.3) is 10.8 Å². The number of hydrogen-bond donors (Lipinski definition) is 0. The van der Waals surface area contributed by atoms with Gasteiger partial charge in [-0.25, -0.2) is 13.8 Å². The lowest BCUT2D eigenvalue weighted by Gasteiger charge is -2.40. The van der Waals surface area contributed by atoms with Crippen LogP contribution in [-0.4, -0.2) is 29.5 Å². The fourth-order valence-electron chi connectivity index (χ4n) is 2.65. The molecule has 0 spiro atoms. The summed E-state index contributed by atoms with van der Waals surface area (Å²) in [4.78, 5) is 10.5. The van der Waals surface area contributed by atoms with Gasteiger partial charge in [0.05, 0.1) is 5.92 Å². The minimum atomic E-state index is -2.24. The predicted molar refractivity (Wildman–Crippen MR) is 75.3 cm³/mol. The largest absolute Gasteiger partial charge is 0.355 e. The minimum absolute atomic E-state index is 0.367. The van der Waals surface area contributed by atoms with E-state index in [0.29, 0.717) is 19.0 Å². The second kappa shape index (κ2) is 4.96. The van der Waals surface area contributed by atoms with Crippen molar-refractivity contribution in [2.24, 2.45) is 5.92 Å². The Morgan fingerprint density at radius 2 is 1.95 bits per heavy atom. The fourth-order valence-corrected chi connectivity index (χ4v) is 2.65. The second-order valence-corrected chi connectivity index (χ2v) is 5.61. The Kier molecular flexibility index (Phi) is 3.28. The van der Waals surface area contributed by atoms with Gasteiger partial charge in [0.15, 0.2) is 0 Å². The number of nitrogens with zero attached hydrogens (tertiary/aromatic N) is 3. The molecule has 0 aromatic carbocycles. The van der Waals surface area contributed by atoms with Crippen LogP contribution in [0.5, 0.6) is 0 Å². The molecule has 3 heterocycles. The molecule has 1 fully saturated rings. The summed E-state index contributed by atoms with van der Waals surface area (Å²) >= 11 is 0. The molecule has 3 nitrogen and oxygen atoms in total. The van der Waals surface area contributed by atoms with Gasteiger partial charge >= 0.3 is 0 Å². The number of pyridine rings is 2. The maximum atomic E-state index is 12.6. The van der Waals surface area contributed by atoms with E-state index in [1.165, 1.54) is 0 Å². The number of fused-ring (bicyclic) bond motifs is 1. The SMILES string of the molecule is CC(C)c1cnc(N2CC(C(F)F)C2)c2cnccc12. The first-order chi connectivity index (χ1) is 9.58. The van der Waals surface area contributed by atoms with E-state index in [1.807, 2.05) is 17.2 Å². The van der Waals surface area contributed by atoms with Crippen LogP contribution >= 0.6 is 0 Å². The van der Waals surface area contributed by atoms with Crippen LogP contribution in [0.15, 0.2) is 24.7 Å². The lowest BCUT2D eigenvalue weighted by atomic mass is 9.97. The predicted octanol–water partition coefficient (Wildman–Crippen LogP) is 3.45. The second-order valence-electron chi connectivity index (χ2n) is 5.61. The Morgan fingerprint density at radius 1 is 1.20 bits per heavy atom. The third-order valence-corrected chi connectivity index (χ3v) is 3.89. The molecule has 1 aliphatic heterocycles. The highest BCUT2D eigenvalue weighted by molar-refractivity contribution is 5.94. The number of rotatable bonds is 3. The minimum Gasteiger partial charge on any atom is -0.355 e. The standard InChI is InChI=1S/C15H17F2N3/c1-9(2)12-6-19-15(13-5-18-4-3-11(12)13)20-7-10(8-20)14(16)17/h3-6,9-10,14H,7-8H2,1-2H3. The highest BCUT2D eigenvalue weighted by Crippen LogP contribution is 2.34. The zero-order valence-corrected chi connectivity index (χ0v) is 11.6. The van der Waals surface area contributed by atoms with E-state index in [0.717, 1.165) is 22.2 Å². The summed E-state index contributed by atoms with van der Waals surface area (Å²) in [5.74, 6) is 0.606. The molecule has 0 saturated carbocycles. The van der Waals surface area contributed by atoms with Crippen molar-refractivity contribution in [1.82, 2.24) is 9.97 Å². The van der Waals surface area contributed by atoms with Gasteiger partial charge in [-0.1, -0.05) is 13.8 Å². The van der Waals surface area contributed by atoms with Gasteiger partial charge in [0, 0.05) is 37.1 Å². The van der Waals surface area contributed by atoms with E-state index in [-0.39, 0.29) is 0 Å². The molecule has 2 aromatic rings. The highest BCUT2D eigenvalue weighted by Gasteiger charge is 2.35. The molecule has 0 bridgehead atoms. The maximum Gasteiger partial charge on any atom is 0.244 e. The average Bonchev–Trinajstić information content (AvgIpc) is 2.36. The van der Waals surface area contributed by atoms with E-state index in [2.05, 4.69) is 23.8 Å². The topological polar surface area (TPSA) is 29.0 Å². The molecule has 0 unspecified atom stereocenters. The molecular weight excluding hydrogens is 260 g/mol. The number of aromatic nitrogens is 2. The third-order valence-electron chi connectivity index (χ3n) is 3.89. The van der Waals surface area contributed by atoms with E-state index in [1.54, 1.807) is 12.4 Å². The van der Waals surface area contributed by atoms with Crippen molar-refractivity contribution >= 4 is 16.6 Å². The molecule has 3 rings (SSSR count). The van der Waals surface area contributed by atoms with Crippen LogP contribution in [0.2, 0.25) is 0 Å². The molecule has 20 heavy (non-hydrogen) atoms. The Hall–Kier alpha value is -1.78. The molecule has 1 aliphatic rings. The number of anilines is 1. The van der Waals surface area contributed by atoms with Crippen LogP contribution in [0.4, 0.5) is 14.6 Å².